The van der Waals surface area contributed by atoms with Crippen molar-refractivity contribution in [2.45, 2.75) is 32.8 Å². The maximum Gasteiger partial charge on any atom is 0.236 e. The summed E-state index contributed by atoms with van der Waals surface area (Å²) in [5.74, 6) is 0.0863. The molecule has 0 bridgehead atoms. The Morgan fingerprint density at radius 1 is 1.50 bits per heavy atom. The molecule has 14 heavy (non-hydrogen) atoms. The Hall–Kier alpha value is -0.610. The van der Waals surface area contributed by atoms with Crippen molar-refractivity contribution in [2.75, 3.05) is 26.7 Å². The first-order chi connectivity index (χ1) is 6.37. The molecular formula is C10H22N2O2. The van der Waals surface area contributed by atoms with Crippen LogP contribution in [0.25, 0.3) is 0 Å². The van der Waals surface area contributed by atoms with Crippen LogP contribution in [0.1, 0.15) is 27.2 Å². The number of hydrogen-bond acceptors (Lipinski definition) is 3. The van der Waals surface area contributed by atoms with Crippen LogP contribution in [0.2, 0.25) is 0 Å². The summed E-state index contributed by atoms with van der Waals surface area (Å²) in [4.78, 5) is 13.0. The maximum atomic E-state index is 11.3. The van der Waals surface area contributed by atoms with Gasteiger partial charge in [0, 0.05) is 13.6 Å². The van der Waals surface area contributed by atoms with E-state index < -0.39 is 5.60 Å². The zero-order chi connectivity index (χ0) is 11.2. The zero-order valence-corrected chi connectivity index (χ0v) is 9.63. The summed E-state index contributed by atoms with van der Waals surface area (Å²) in [7, 11) is 1.78. The summed E-state index contributed by atoms with van der Waals surface area (Å²) in [5, 5.41) is 12.4. The predicted molar refractivity (Wildman–Crippen MR) is 57.1 cm³/mol. The summed E-state index contributed by atoms with van der Waals surface area (Å²) in [6.07, 6.45) is 0.649. The summed E-state index contributed by atoms with van der Waals surface area (Å²) in [6.45, 7) is 7.19. The average molecular weight is 202 g/mol. The number of carbonyl (C=O) groups is 1. The van der Waals surface area contributed by atoms with Gasteiger partial charge in [0.2, 0.25) is 5.91 Å². The highest BCUT2D eigenvalue weighted by Gasteiger charge is 2.12. The third-order valence-electron chi connectivity index (χ3n) is 2.09. The van der Waals surface area contributed by atoms with Crippen LogP contribution in [-0.2, 0) is 4.79 Å². The minimum Gasteiger partial charge on any atom is -0.390 e. The lowest BCUT2D eigenvalue weighted by atomic mass is 10.1. The van der Waals surface area contributed by atoms with Crippen LogP contribution in [0.15, 0.2) is 0 Å². The molecule has 0 aromatic carbocycles. The van der Waals surface area contributed by atoms with Gasteiger partial charge in [0.15, 0.2) is 0 Å². The van der Waals surface area contributed by atoms with Crippen molar-refractivity contribution in [3.05, 3.63) is 0 Å². The Morgan fingerprint density at radius 2 is 2.07 bits per heavy atom. The second kappa shape index (κ2) is 5.98. The van der Waals surface area contributed by atoms with E-state index in [1.165, 1.54) is 0 Å². The summed E-state index contributed by atoms with van der Waals surface area (Å²) in [6, 6.07) is 0. The molecule has 0 aliphatic carbocycles. The largest absolute Gasteiger partial charge is 0.390 e. The normalized spacial score (nSPS) is 11.5. The van der Waals surface area contributed by atoms with E-state index in [0.717, 1.165) is 6.54 Å². The molecule has 4 heteroatoms. The average Bonchev–Trinajstić information content (AvgIpc) is 2.09. The molecule has 0 unspecified atom stereocenters. The number of nitrogens with one attached hydrogen (secondary N) is 1. The molecule has 0 aromatic rings. The molecule has 0 atom stereocenters. The second-order valence-electron chi connectivity index (χ2n) is 4.15. The summed E-state index contributed by atoms with van der Waals surface area (Å²) < 4.78 is 0. The van der Waals surface area contributed by atoms with Gasteiger partial charge in [-0.15, -0.1) is 0 Å². The number of rotatable bonds is 6. The first-order valence-corrected chi connectivity index (χ1v) is 5.04. The Labute approximate surface area is 86.3 Å². The first-order valence-electron chi connectivity index (χ1n) is 5.04. The molecule has 0 aliphatic heterocycles. The fraction of sp³-hybridized carbons (Fsp3) is 0.900. The smallest absolute Gasteiger partial charge is 0.236 e. The molecule has 0 saturated heterocycles. The Kier molecular flexibility index (Phi) is 5.72. The minimum absolute atomic E-state index is 0.0863. The van der Waals surface area contributed by atoms with Gasteiger partial charge in [-0.05, 0) is 33.7 Å². The highest BCUT2D eigenvalue weighted by atomic mass is 16.3. The molecular weight excluding hydrogens is 180 g/mol. The molecule has 0 aromatic heterocycles. The van der Waals surface area contributed by atoms with Gasteiger partial charge in [-0.2, -0.15) is 0 Å². The van der Waals surface area contributed by atoms with Crippen LogP contribution in [0.3, 0.4) is 0 Å². The summed E-state index contributed by atoms with van der Waals surface area (Å²) in [5.41, 5.74) is -0.660. The Balaban J connectivity index is 3.51. The van der Waals surface area contributed by atoms with Gasteiger partial charge in [-0.25, -0.2) is 0 Å². The lowest BCUT2D eigenvalue weighted by Crippen LogP contribution is -2.37. The van der Waals surface area contributed by atoms with Gasteiger partial charge in [-0.1, -0.05) is 0 Å². The molecule has 1 amide bonds. The van der Waals surface area contributed by atoms with E-state index in [2.05, 4.69) is 5.32 Å². The van der Waals surface area contributed by atoms with Gasteiger partial charge in [0.1, 0.15) is 0 Å². The maximum absolute atomic E-state index is 11.3. The fourth-order valence-electron chi connectivity index (χ4n) is 0.901. The van der Waals surface area contributed by atoms with E-state index in [0.29, 0.717) is 19.5 Å². The quantitative estimate of drug-likeness (QED) is 0.606. The number of likely N-dealkylation sites (N-methyl/N-ethyl adjacent to an activating group) is 1. The lowest BCUT2D eigenvalue weighted by molar-refractivity contribution is -0.128. The Morgan fingerprint density at radius 3 is 2.50 bits per heavy atom. The SMILES string of the molecule is CCN(C)C(=O)CNCCC(C)(C)O. The van der Waals surface area contributed by atoms with E-state index in [1.54, 1.807) is 25.8 Å². The van der Waals surface area contributed by atoms with E-state index in [4.69, 9.17) is 0 Å². The van der Waals surface area contributed by atoms with Gasteiger partial charge < -0.3 is 15.3 Å². The van der Waals surface area contributed by atoms with Crippen molar-refractivity contribution in [2.24, 2.45) is 0 Å². The van der Waals surface area contributed by atoms with Gasteiger partial charge in [-0.3, -0.25) is 4.79 Å². The minimum atomic E-state index is -0.660. The Bertz CT molecular complexity index is 175. The highest BCUT2D eigenvalue weighted by molar-refractivity contribution is 5.77. The van der Waals surface area contributed by atoms with Crippen LogP contribution >= 0.6 is 0 Å². The third kappa shape index (κ3) is 6.86. The topological polar surface area (TPSA) is 52.6 Å². The van der Waals surface area contributed by atoms with E-state index in [1.807, 2.05) is 6.92 Å². The van der Waals surface area contributed by atoms with Gasteiger partial charge in [0.25, 0.3) is 0 Å². The van der Waals surface area contributed by atoms with Crippen molar-refractivity contribution >= 4 is 5.91 Å². The second-order valence-corrected chi connectivity index (χ2v) is 4.15. The predicted octanol–water partition coefficient (Wildman–Crippen LogP) is 0.215. The monoisotopic (exact) mass is 202 g/mol. The number of amides is 1. The number of carbonyl (C=O) groups excluding carboxylic acids is 1. The van der Waals surface area contributed by atoms with E-state index >= 15 is 0 Å². The van der Waals surface area contributed by atoms with Crippen molar-refractivity contribution in [3.8, 4) is 0 Å². The fourth-order valence-corrected chi connectivity index (χ4v) is 0.901. The van der Waals surface area contributed by atoms with Gasteiger partial charge >= 0.3 is 0 Å². The molecule has 2 N–H and O–H groups in total. The lowest BCUT2D eigenvalue weighted by Gasteiger charge is -2.18. The van der Waals surface area contributed by atoms with Crippen LogP contribution in [-0.4, -0.2) is 48.2 Å². The molecule has 0 aliphatic rings. The molecule has 4 nitrogen and oxygen atoms in total. The first kappa shape index (κ1) is 13.4. The zero-order valence-electron chi connectivity index (χ0n) is 9.63. The number of nitrogens with zero attached hydrogens (tertiary/aromatic N) is 1. The standard InChI is InChI=1S/C10H22N2O2/c1-5-12(4)9(13)8-11-7-6-10(2,3)14/h11,14H,5-8H2,1-4H3. The van der Waals surface area contributed by atoms with E-state index in [9.17, 15) is 9.90 Å². The number of hydrogen-bond donors (Lipinski definition) is 2. The molecule has 0 rings (SSSR count). The molecule has 0 radical (unpaired) electrons. The van der Waals surface area contributed by atoms with Crippen LogP contribution in [0.5, 0.6) is 0 Å². The van der Waals surface area contributed by atoms with Gasteiger partial charge in [0.05, 0.1) is 12.1 Å². The molecule has 0 saturated carbocycles. The van der Waals surface area contributed by atoms with Crippen LogP contribution < -0.4 is 5.32 Å². The summed E-state index contributed by atoms with van der Waals surface area (Å²) >= 11 is 0. The van der Waals surface area contributed by atoms with Crippen molar-refractivity contribution in [1.82, 2.24) is 10.2 Å². The highest BCUT2D eigenvalue weighted by Crippen LogP contribution is 2.04. The van der Waals surface area contributed by atoms with Crippen molar-refractivity contribution in [3.63, 3.8) is 0 Å². The van der Waals surface area contributed by atoms with Crippen LogP contribution in [0.4, 0.5) is 0 Å². The van der Waals surface area contributed by atoms with Crippen LogP contribution in [0, 0.1) is 0 Å². The van der Waals surface area contributed by atoms with E-state index in [-0.39, 0.29) is 5.91 Å². The third-order valence-corrected chi connectivity index (χ3v) is 2.09. The molecule has 0 fully saturated rings. The molecule has 0 heterocycles. The van der Waals surface area contributed by atoms with Crippen molar-refractivity contribution < 1.29 is 9.90 Å². The molecule has 0 spiro atoms. The molecule has 84 valence electrons. The number of aliphatic hydroxyl groups is 1. The van der Waals surface area contributed by atoms with Crippen molar-refractivity contribution in [1.29, 1.82) is 0 Å².